The maximum Gasteiger partial charge on any atom is 0.257 e. The highest BCUT2D eigenvalue weighted by Gasteiger charge is 2.28. The molecule has 6 nitrogen and oxygen atoms in total. The molecule has 0 saturated carbocycles. The van der Waals surface area contributed by atoms with Gasteiger partial charge >= 0.3 is 0 Å². The van der Waals surface area contributed by atoms with Crippen molar-refractivity contribution in [3.8, 4) is 5.75 Å². The third-order valence-corrected chi connectivity index (χ3v) is 5.90. The Labute approximate surface area is 137 Å². The number of hydrogen-bond acceptors (Lipinski definition) is 4. The smallest absolute Gasteiger partial charge is 0.257 e. The van der Waals surface area contributed by atoms with E-state index in [4.69, 9.17) is 4.74 Å². The van der Waals surface area contributed by atoms with Crippen molar-refractivity contribution in [1.29, 1.82) is 0 Å². The number of likely N-dealkylation sites (N-methyl/N-ethyl adjacent to an activating group) is 1. The first-order valence-electron chi connectivity index (χ1n) is 7.78. The molecule has 1 atom stereocenters. The van der Waals surface area contributed by atoms with Gasteiger partial charge in [-0.3, -0.25) is 4.79 Å². The molecule has 7 heteroatoms. The van der Waals surface area contributed by atoms with Gasteiger partial charge in [-0.1, -0.05) is 6.92 Å². The molecule has 0 bridgehead atoms. The zero-order chi connectivity index (χ0) is 17.0. The number of benzene rings is 1. The van der Waals surface area contributed by atoms with E-state index in [1.165, 1.54) is 7.05 Å². The fraction of sp³-hybridized carbons (Fsp3) is 0.562. The van der Waals surface area contributed by atoms with E-state index < -0.39 is 10.0 Å². The zero-order valence-corrected chi connectivity index (χ0v) is 14.6. The molecule has 0 aliphatic carbocycles. The summed E-state index contributed by atoms with van der Waals surface area (Å²) in [5, 5.41) is 2.47. The number of aryl methyl sites for hydroxylation is 1. The summed E-state index contributed by atoms with van der Waals surface area (Å²) < 4.78 is 32.4. The zero-order valence-electron chi connectivity index (χ0n) is 13.8. The number of amides is 1. The van der Waals surface area contributed by atoms with Crippen molar-refractivity contribution in [3.63, 3.8) is 0 Å². The molecular formula is C16H24N2O4S. The minimum atomic E-state index is -3.47. The maximum atomic E-state index is 12.7. The first-order valence-corrected chi connectivity index (χ1v) is 9.22. The lowest BCUT2D eigenvalue weighted by molar-refractivity contribution is -0.122. The Balaban J connectivity index is 2.17. The maximum absolute atomic E-state index is 12.7. The van der Waals surface area contributed by atoms with Gasteiger partial charge in [0.2, 0.25) is 10.0 Å². The first kappa shape index (κ1) is 17.7. The minimum Gasteiger partial charge on any atom is -0.484 e. The molecule has 1 saturated heterocycles. The lowest BCUT2D eigenvalue weighted by Gasteiger charge is -2.30. The van der Waals surface area contributed by atoms with Gasteiger partial charge in [-0.25, -0.2) is 8.42 Å². The molecule has 1 aromatic carbocycles. The lowest BCUT2D eigenvalue weighted by Crippen LogP contribution is -2.39. The van der Waals surface area contributed by atoms with Crippen LogP contribution in [0.25, 0.3) is 0 Å². The van der Waals surface area contributed by atoms with Crippen molar-refractivity contribution in [2.45, 2.75) is 31.6 Å². The van der Waals surface area contributed by atoms with Crippen LogP contribution in [0, 0.1) is 12.8 Å². The Morgan fingerprint density at radius 2 is 2.17 bits per heavy atom. The number of sulfonamides is 1. The Hall–Kier alpha value is -1.60. The van der Waals surface area contributed by atoms with Crippen LogP contribution >= 0.6 is 0 Å². The highest BCUT2D eigenvalue weighted by molar-refractivity contribution is 7.89. The second kappa shape index (κ2) is 7.31. The fourth-order valence-electron chi connectivity index (χ4n) is 2.67. The number of ether oxygens (including phenoxy) is 1. The van der Waals surface area contributed by atoms with Crippen LogP contribution in [0.4, 0.5) is 0 Å². The monoisotopic (exact) mass is 340 g/mol. The summed E-state index contributed by atoms with van der Waals surface area (Å²) in [6, 6.07) is 4.76. The van der Waals surface area contributed by atoms with Crippen LogP contribution in [0.3, 0.4) is 0 Å². The van der Waals surface area contributed by atoms with Gasteiger partial charge in [-0.15, -0.1) is 0 Å². The van der Waals surface area contributed by atoms with E-state index in [0.717, 1.165) is 12.8 Å². The van der Waals surface area contributed by atoms with Crippen molar-refractivity contribution < 1.29 is 17.9 Å². The van der Waals surface area contributed by atoms with Gasteiger partial charge in [-0.2, -0.15) is 4.31 Å². The summed E-state index contributed by atoms with van der Waals surface area (Å²) in [6.07, 6.45) is 1.96. The molecule has 0 radical (unpaired) electrons. The second-order valence-electron chi connectivity index (χ2n) is 6.00. The van der Waals surface area contributed by atoms with Crippen LogP contribution in [0.5, 0.6) is 5.75 Å². The Kier molecular flexibility index (Phi) is 5.64. The average molecular weight is 340 g/mol. The third kappa shape index (κ3) is 4.23. The summed E-state index contributed by atoms with van der Waals surface area (Å²) >= 11 is 0. The molecule has 1 N–H and O–H groups in total. The standard InChI is InChI=1S/C16H24N2O4S/c1-12-5-4-8-18(10-12)23(20,21)14-6-7-15(13(2)9-14)22-11-16(19)17-3/h6-7,9,12H,4-5,8,10-11H2,1-3H3,(H,17,19)/t12-/m1/s1. The number of nitrogens with one attached hydrogen (secondary N) is 1. The minimum absolute atomic E-state index is 0.0902. The van der Waals surface area contributed by atoms with Crippen LogP contribution in [0.2, 0.25) is 0 Å². The van der Waals surface area contributed by atoms with Gasteiger partial charge < -0.3 is 10.1 Å². The van der Waals surface area contributed by atoms with E-state index in [1.54, 1.807) is 29.4 Å². The predicted molar refractivity (Wildman–Crippen MR) is 87.9 cm³/mol. The molecule has 0 spiro atoms. The van der Waals surface area contributed by atoms with E-state index in [2.05, 4.69) is 12.2 Å². The van der Waals surface area contributed by atoms with Crippen LogP contribution in [-0.4, -0.2) is 45.4 Å². The van der Waals surface area contributed by atoms with Crippen LogP contribution < -0.4 is 10.1 Å². The molecule has 0 aromatic heterocycles. The predicted octanol–water partition coefficient (Wildman–Crippen LogP) is 1.54. The number of piperidine rings is 1. The van der Waals surface area contributed by atoms with Crippen molar-refractivity contribution in [2.75, 3.05) is 26.7 Å². The van der Waals surface area contributed by atoms with Crippen molar-refractivity contribution in [3.05, 3.63) is 23.8 Å². The number of rotatable bonds is 5. The Bertz CT molecular complexity index is 673. The molecule has 1 heterocycles. The number of hydrogen-bond donors (Lipinski definition) is 1. The summed E-state index contributed by atoms with van der Waals surface area (Å²) in [6.45, 7) is 4.89. The van der Waals surface area contributed by atoms with Gasteiger partial charge in [0.1, 0.15) is 5.75 Å². The van der Waals surface area contributed by atoms with E-state index in [0.29, 0.717) is 30.3 Å². The van der Waals surface area contributed by atoms with Crippen LogP contribution in [0.1, 0.15) is 25.3 Å². The second-order valence-corrected chi connectivity index (χ2v) is 7.94. The molecule has 1 aliphatic heterocycles. The van der Waals surface area contributed by atoms with E-state index >= 15 is 0 Å². The highest BCUT2D eigenvalue weighted by Crippen LogP contribution is 2.27. The summed E-state index contributed by atoms with van der Waals surface area (Å²) in [5.41, 5.74) is 0.694. The van der Waals surface area contributed by atoms with Crippen LogP contribution in [0.15, 0.2) is 23.1 Å². The molecule has 1 amide bonds. The summed E-state index contributed by atoms with van der Waals surface area (Å²) in [4.78, 5) is 11.5. The van der Waals surface area contributed by atoms with Gasteiger partial charge in [0, 0.05) is 20.1 Å². The van der Waals surface area contributed by atoms with Gasteiger partial charge in [-0.05, 0) is 49.4 Å². The topological polar surface area (TPSA) is 75.7 Å². The average Bonchev–Trinajstić information content (AvgIpc) is 2.53. The van der Waals surface area contributed by atoms with Gasteiger partial charge in [0.05, 0.1) is 4.90 Å². The van der Waals surface area contributed by atoms with E-state index in [9.17, 15) is 13.2 Å². The quantitative estimate of drug-likeness (QED) is 0.882. The summed E-state index contributed by atoms with van der Waals surface area (Å²) in [5.74, 6) is 0.665. The molecule has 1 aliphatic rings. The number of carbonyl (C=O) groups is 1. The molecule has 0 unspecified atom stereocenters. The summed E-state index contributed by atoms with van der Waals surface area (Å²) in [7, 11) is -1.94. The Morgan fingerprint density at radius 3 is 2.78 bits per heavy atom. The normalized spacial score (nSPS) is 19.3. The van der Waals surface area contributed by atoms with Gasteiger partial charge in [0.15, 0.2) is 6.61 Å². The first-order chi connectivity index (χ1) is 10.8. The third-order valence-electron chi connectivity index (χ3n) is 4.04. The SMILES string of the molecule is CNC(=O)COc1ccc(S(=O)(=O)N2CCC[C@@H](C)C2)cc1C. The highest BCUT2D eigenvalue weighted by atomic mass is 32.2. The fourth-order valence-corrected chi connectivity index (χ4v) is 4.36. The van der Waals surface area contributed by atoms with Crippen molar-refractivity contribution >= 4 is 15.9 Å². The molecule has 2 rings (SSSR count). The van der Waals surface area contributed by atoms with Crippen molar-refractivity contribution in [1.82, 2.24) is 9.62 Å². The molecular weight excluding hydrogens is 316 g/mol. The largest absolute Gasteiger partial charge is 0.484 e. The molecule has 1 fully saturated rings. The number of nitrogens with zero attached hydrogens (tertiary/aromatic N) is 1. The van der Waals surface area contributed by atoms with Gasteiger partial charge in [0.25, 0.3) is 5.91 Å². The van der Waals surface area contributed by atoms with Crippen LogP contribution in [-0.2, 0) is 14.8 Å². The molecule has 1 aromatic rings. The lowest BCUT2D eigenvalue weighted by atomic mass is 10.0. The molecule has 128 valence electrons. The van der Waals surface area contributed by atoms with Crippen molar-refractivity contribution in [2.24, 2.45) is 5.92 Å². The number of carbonyl (C=O) groups excluding carboxylic acids is 1. The Morgan fingerprint density at radius 1 is 1.43 bits per heavy atom. The van der Waals surface area contributed by atoms with E-state index in [1.807, 2.05) is 0 Å². The molecule has 23 heavy (non-hydrogen) atoms. The van der Waals surface area contributed by atoms with E-state index in [-0.39, 0.29) is 17.4 Å².